The third-order valence-corrected chi connectivity index (χ3v) is 9.12. The Kier molecular flexibility index (Phi) is 4.84. The summed E-state index contributed by atoms with van der Waals surface area (Å²) in [4.78, 5) is 40.6. The average Bonchev–Trinajstić information content (AvgIpc) is 2.87. The minimum atomic E-state index is -0.740. The molecule has 6 heteroatoms. The third-order valence-electron chi connectivity index (χ3n) is 9.12. The highest BCUT2D eigenvalue weighted by Gasteiger charge is 2.51. The van der Waals surface area contributed by atoms with E-state index in [9.17, 15) is 19.5 Å². The van der Waals surface area contributed by atoms with Crippen LogP contribution in [-0.4, -0.2) is 20.4 Å². The Bertz CT molecular complexity index is 1580. The summed E-state index contributed by atoms with van der Waals surface area (Å²) >= 11 is 0. The molecule has 0 amide bonds. The van der Waals surface area contributed by atoms with Crippen molar-refractivity contribution in [1.29, 1.82) is 0 Å². The summed E-state index contributed by atoms with van der Waals surface area (Å²) < 4.78 is 1.10. The predicted octanol–water partition coefficient (Wildman–Crippen LogP) is 4.84. The molecular formula is C31H28N2O4. The number of carbonyl (C=O) groups is 1. The summed E-state index contributed by atoms with van der Waals surface area (Å²) in [5.74, 6) is 1.73. The van der Waals surface area contributed by atoms with E-state index in [4.69, 9.17) is 0 Å². The molecule has 0 saturated heterocycles. The monoisotopic (exact) mass is 492 g/mol. The van der Waals surface area contributed by atoms with Crippen LogP contribution in [0.25, 0.3) is 23.4 Å². The quantitative estimate of drug-likeness (QED) is 0.512. The topological polar surface area (TPSA) is 92.2 Å². The van der Waals surface area contributed by atoms with Gasteiger partial charge in [-0.3, -0.25) is 14.6 Å². The van der Waals surface area contributed by atoms with Crippen molar-refractivity contribution in [2.24, 2.45) is 17.8 Å². The molecule has 0 atom stereocenters. The maximum absolute atomic E-state index is 12.8. The molecular weight excluding hydrogens is 464 g/mol. The Morgan fingerprint density at radius 1 is 0.865 bits per heavy atom. The number of H-pyrrole nitrogens is 1. The van der Waals surface area contributed by atoms with Crippen molar-refractivity contribution in [1.82, 2.24) is 9.55 Å². The molecule has 3 aromatic rings. The normalized spacial score (nSPS) is 28.6. The van der Waals surface area contributed by atoms with Crippen molar-refractivity contribution in [2.45, 2.75) is 43.9 Å². The number of aromatic nitrogens is 2. The fraction of sp³-hybridized carbons (Fsp3) is 0.323. The average molecular weight is 493 g/mol. The number of ketones is 1. The Morgan fingerprint density at radius 3 is 2.19 bits per heavy atom. The summed E-state index contributed by atoms with van der Waals surface area (Å²) in [6.45, 7) is 0. The number of aromatic hydroxyl groups is 1. The third kappa shape index (κ3) is 3.50. The number of hydrogen-bond acceptors (Lipinski definition) is 4. The molecule has 5 aliphatic carbocycles. The molecule has 0 spiro atoms. The van der Waals surface area contributed by atoms with Crippen molar-refractivity contribution >= 4 is 23.5 Å². The Hall–Kier alpha value is -3.93. The van der Waals surface area contributed by atoms with E-state index in [1.807, 2.05) is 30.3 Å². The second-order valence-corrected chi connectivity index (χ2v) is 11.4. The van der Waals surface area contributed by atoms with Gasteiger partial charge < -0.3 is 5.11 Å². The molecule has 2 N–H and O–H groups in total. The van der Waals surface area contributed by atoms with E-state index < -0.39 is 17.1 Å². The lowest BCUT2D eigenvalue weighted by Crippen LogP contribution is -2.48. The Balaban J connectivity index is 1.29. The summed E-state index contributed by atoms with van der Waals surface area (Å²) in [5, 5.41) is 11.1. The molecule has 4 fully saturated rings. The molecule has 0 unspecified atom stereocenters. The van der Waals surface area contributed by atoms with Crippen molar-refractivity contribution in [2.75, 3.05) is 0 Å². The molecule has 4 saturated carbocycles. The van der Waals surface area contributed by atoms with Crippen LogP contribution < -0.4 is 11.2 Å². The fourth-order valence-electron chi connectivity index (χ4n) is 7.91. The van der Waals surface area contributed by atoms with E-state index in [2.05, 4.69) is 17.1 Å². The van der Waals surface area contributed by atoms with Gasteiger partial charge in [0.1, 0.15) is 5.56 Å². The number of hydrogen-bond donors (Lipinski definition) is 2. The van der Waals surface area contributed by atoms with E-state index in [1.165, 1.54) is 56.2 Å². The van der Waals surface area contributed by atoms with Gasteiger partial charge in [-0.1, -0.05) is 42.5 Å². The minimum absolute atomic E-state index is 0.127. The van der Waals surface area contributed by atoms with Gasteiger partial charge in [-0.15, -0.1) is 0 Å². The molecule has 2 aromatic carbocycles. The van der Waals surface area contributed by atoms with Crippen LogP contribution in [-0.2, 0) is 10.2 Å². The van der Waals surface area contributed by atoms with Gasteiger partial charge in [0.2, 0.25) is 5.88 Å². The van der Waals surface area contributed by atoms with Crippen LogP contribution >= 0.6 is 0 Å². The van der Waals surface area contributed by atoms with Crippen molar-refractivity contribution in [3.05, 3.63) is 97.7 Å². The van der Waals surface area contributed by atoms with Crippen LogP contribution in [0.2, 0.25) is 0 Å². The lowest BCUT2D eigenvalue weighted by Gasteiger charge is -2.57. The van der Waals surface area contributed by atoms with Gasteiger partial charge in [-0.05, 0) is 103 Å². The number of carbonyl (C=O) groups excluding carboxylic acids is 1. The SMILES string of the molecule is O=C1C=Cc2ccccc2C1=Cc1c(O)n(-c2ccc(C34CC5CC(CC(C5)C3)C4)cc2)c(=O)[nH]c1=O. The highest BCUT2D eigenvalue weighted by Crippen LogP contribution is 2.60. The molecule has 1 heterocycles. The van der Waals surface area contributed by atoms with Crippen LogP contribution in [0.3, 0.4) is 0 Å². The molecule has 0 aliphatic heterocycles. The molecule has 0 radical (unpaired) electrons. The van der Waals surface area contributed by atoms with E-state index in [1.54, 1.807) is 12.1 Å². The van der Waals surface area contributed by atoms with E-state index >= 15 is 0 Å². The predicted molar refractivity (Wildman–Crippen MR) is 143 cm³/mol. The first-order valence-electron chi connectivity index (χ1n) is 13.1. The van der Waals surface area contributed by atoms with Gasteiger partial charge >= 0.3 is 5.69 Å². The Morgan fingerprint density at radius 2 is 1.51 bits per heavy atom. The van der Waals surface area contributed by atoms with E-state index in [-0.39, 0.29) is 16.8 Å². The maximum Gasteiger partial charge on any atom is 0.335 e. The smallest absolute Gasteiger partial charge is 0.335 e. The summed E-state index contributed by atoms with van der Waals surface area (Å²) in [6.07, 6.45) is 12.4. The van der Waals surface area contributed by atoms with Gasteiger partial charge in [0, 0.05) is 5.57 Å². The first-order valence-corrected chi connectivity index (χ1v) is 13.1. The molecule has 5 aliphatic rings. The van der Waals surface area contributed by atoms with Crippen LogP contribution in [0.15, 0.2) is 64.2 Å². The summed E-state index contributed by atoms with van der Waals surface area (Å²) in [7, 11) is 0. The number of benzene rings is 2. The summed E-state index contributed by atoms with van der Waals surface area (Å²) in [6, 6.07) is 15.2. The first-order chi connectivity index (χ1) is 17.9. The maximum atomic E-state index is 12.8. The number of allylic oxidation sites excluding steroid dienone is 2. The zero-order chi connectivity index (χ0) is 25.3. The second-order valence-electron chi connectivity index (χ2n) is 11.4. The zero-order valence-electron chi connectivity index (χ0n) is 20.4. The lowest BCUT2D eigenvalue weighted by molar-refractivity contribution is -0.109. The number of nitrogens with zero attached hydrogens (tertiary/aromatic N) is 1. The first kappa shape index (κ1) is 22.3. The van der Waals surface area contributed by atoms with Gasteiger partial charge in [0.25, 0.3) is 5.56 Å². The van der Waals surface area contributed by atoms with Crippen LogP contribution in [0.4, 0.5) is 0 Å². The van der Waals surface area contributed by atoms with E-state index in [0.717, 1.165) is 27.9 Å². The van der Waals surface area contributed by atoms with Crippen LogP contribution in [0.5, 0.6) is 5.88 Å². The van der Waals surface area contributed by atoms with Crippen molar-refractivity contribution in [3.63, 3.8) is 0 Å². The molecule has 1 aromatic heterocycles. The van der Waals surface area contributed by atoms with Gasteiger partial charge in [0.15, 0.2) is 5.78 Å². The fourth-order valence-corrected chi connectivity index (χ4v) is 7.91. The number of nitrogens with one attached hydrogen (secondary N) is 1. The molecule has 8 rings (SSSR count). The van der Waals surface area contributed by atoms with Gasteiger partial charge in [0.05, 0.1) is 5.69 Å². The van der Waals surface area contributed by atoms with Crippen molar-refractivity contribution < 1.29 is 9.90 Å². The van der Waals surface area contributed by atoms with Crippen LogP contribution in [0.1, 0.15) is 60.8 Å². The zero-order valence-corrected chi connectivity index (χ0v) is 20.4. The molecule has 186 valence electrons. The largest absolute Gasteiger partial charge is 0.494 e. The standard InChI is InChI=1S/C31H28N2O4/c34-27-10-5-21-3-1-2-4-24(21)25(27)14-26-28(35)32-30(37)33(29(26)36)23-8-6-22(7-9-23)31-15-18-11-19(16-31)13-20(12-18)17-31/h1-10,14,18-20,36H,11-13,15-17H2,(H,32,35,37). The highest BCUT2D eigenvalue weighted by molar-refractivity contribution is 6.33. The highest BCUT2D eigenvalue weighted by atomic mass is 16.3. The number of rotatable bonds is 3. The van der Waals surface area contributed by atoms with Crippen LogP contribution in [0, 0.1) is 17.8 Å². The summed E-state index contributed by atoms with van der Waals surface area (Å²) in [5.41, 5.74) is 2.24. The van der Waals surface area contributed by atoms with Crippen molar-refractivity contribution in [3.8, 4) is 11.6 Å². The lowest BCUT2D eigenvalue weighted by atomic mass is 9.48. The molecule has 6 nitrogen and oxygen atoms in total. The number of aromatic amines is 1. The number of fused-ring (bicyclic) bond motifs is 1. The van der Waals surface area contributed by atoms with E-state index in [0.29, 0.717) is 16.8 Å². The Labute approximate surface area is 214 Å². The second kappa shape index (κ2) is 8.04. The van der Waals surface area contributed by atoms with Gasteiger partial charge in [-0.25, -0.2) is 9.36 Å². The molecule has 4 bridgehead atoms. The minimum Gasteiger partial charge on any atom is -0.494 e. The molecule has 37 heavy (non-hydrogen) atoms. The van der Waals surface area contributed by atoms with Gasteiger partial charge in [-0.2, -0.15) is 0 Å².